The number of carbonyl (C=O) groups is 1. The largest absolute Gasteiger partial charge is 0.478 e. The van der Waals surface area contributed by atoms with Crippen LogP contribution in [-0.2, 0) is 0 Å². The van der Waals surface area contributed by atoms with Crippen molar-refractivity contribution in [1.29, 1.82) is 0 Å². The van der Waals surface area contributed by atoms with Gasteiger partial charge >= 0.3 is 5.97 Å². The Morgan fingerprint density at radius 3 is 2.85 bits per heavy atom. The van der Waals surface area contributed by atoms with E-state index in [1.54, 1.807) is 13.0 Å². The Labute approximate surface area is 119 Å². The number of pyridine rings is 1. The van der Waals surface area contributed by atoms with Crippen molar-refractivity contribution in [3.8, 4) is 0 Å². The van der Waals surface area contributed by atoms with Gasteiger partial charge in [-0.05, 0) is 45.1 Å². The summed E-state index contributed by atoms with van der Waals surface area (Å²) in [5.41, 5.74) is 2.21. The number of aromatic carboxylic acids is 1. The minimum atomic E-state index is -0.957. The first kappa shape index (κ1) is 14.8. The molecule has 5 nitrogen and oxygen atoms in total. The zero-order valence-corrected chi connectivity index (χ0v) is 12.0. The minimum absolute atomic E-state index is 0.213. The highest BCUT2D eigenvalue weighted by Crippen LogP contribution is 2.26. The summed E-state index contributed by atoms with van der Waals surface area (Å²) in [6, 6.07) is 1.77. The minimum Gasteiger partial charge on any atom is -0.478 e. The molecule has 1 heterocycles. The van der Waals surface area contributed by atoms with E-state index in [9.17, 15) is 15.0 Å². The van der Waals surface area contributed by atoms with Crippen LogP contribution < -0.4 is 5.32 Å². The molecular formula is C15H22N2O3. The molecule has 110 valence electrons. The lowest BCUT2D eigenvalue weighted by molar-refractivity contribution is 0.0696. The molecule has 1 aliphatic rings. The molecule has 0 aliphatic heterocycles. The van der Waals surface area contributed by atoms with E-state index in [-0.39, 0.29) is 11.7 Å². The molecule has 2 atom stereocenters. The van der Waals surface area contributed by atoms with Crippen LogP contribution in [0.5, 0.6) is 0 Å². The van der Waals surface area contributed by atoms with Gasteiger partial charge in [0.15, 0.2) is 0 Å². The predicted octanol–water partition coefficient (Wildman–Crippen LogP) is 2.36. The smallest absolute Gasteiger partial charge is 0.339 e. The van der Waals surface area contributed by atoms with Crippen molar-refractivity contribution < 1.29 is 15.0 Å². The number of carboxylic acid groups (broad SMARTS) is 1. The third-order valence-corrected chi connectivity index (χ3v) is 3.88. The van der Waals surface area contributed by atoms with E-state index < -0.39 is 5.97 Å². The molecule has 3 N–H and O–H groups in total. The summed E-state index contributed by atoms with van der Waals surface area (Å²) in [4.78, 5) is 15.5. The lowest BCUT2D eigenvalue weighted by Gasteiger charge is -2.26. The van der Waals surface area contributed by atoms with Gasteiger partial charge < -0.3 is 15.5 Å². The van der Waals surface area contributed by atoms with Crippen LogP contribution in [0.15, 0.2) is 6.07 Å². The number of aliphatic hydroxyl groups excluding tert-OH is 1. The SMILES string of the molecule is Cc1cc(NCC2CCCC(O)C2)c(C(=O)O)c(C)n1. The molecule has 1 aromatic rings. The van der Waals surface area contributed by atoms with Gasteiger partial charge in [0.1, 0.15) is 5.56 Å². The summed E-state index contributed by atoms with van der Waals surface area (Å²) in [6.45, 7) is 4.26. The molecule has 1 aromatic heterocycles. The molecule has 0 bridgehead atoms. The van der Waals surface area contributed by atoms with Crippen LogP contribution in [0.4, 0.5) is 5.69 Å². The van der Waals surface area contributed by atoms with Crippen molar-refractivity contribution in [2.24, 2.45) is 5.92 Å². The van der Waals surface area contributed by atoms with Gasteiger partial charge in [0.2, 0.25) is 0 Å². The van der Waals surface area contributed by atoms with E-state index in [1.807, 2.05) is 6.92 Å². The average molecular weight is 278 g/mol. The number of carboxylic acids is 1. The van der Waals surface area contributed by atoms with E-state index in [2.05, 4.69) is 10.3 Å². The summed E-state index contributed by atoms with van der Waals surface area (Å²) >= 11 is 0. The topological polar surface area (TPSA) is 82.5 Å². The van der Waals surface area contributed by atoms with Crippen LogP contribution in [-0.4, -0.2) is 33.8 Å². The number of anilines is 1. The second kappa shape index (κ2) is 6.22. The zero-order chi connectivity index (χ0) is 14.7. The maximum absolute atomic E-state index is 11.3. The quantitative estimate of drug-likeness (QED) is 0.787. The van der Waals surface area contributed by atoms with Crippen LogP contribution >= 0.6 is 0 Å². The van der Waals surface area contributed by atoms with E-state index in [1.165, 1.54) is 0 Å². The van der Waals surface area contributed by atoms with Crippen molar-refractivity contribution in [1.82, 2.24) is 4.98 Å². The molecule has 1 saturated carbocycles. The number of hydrogen-bond acceptors (Lipinski definition) is 4. The number of hydrogen-bond donors (Lipinski definition) is 3. The van der Waals surface area contributed by atoms with Crippen LogP contribution in [0.25, 0.3) is 0 Å². The van der Waals surface area contributed by atoms with Crippen molar-refractivity contribution in [2.75, 3.05) is 11.9 Å². The first-order valence-electron chi connectivity index (χ1n) is 7.11. The lowest BCUT2D eigenvalue weighted by atomic mass is 9.87. The number of nitrogens with one attached hydrogen (secondary N) is 1. The third-order valence-electron chi connectivity index (χ3n) is 3.88. The Bertz CT molecular complexity index is 502. The number of aliphatic hydroxyl groups is 1. The molecular weight excluding hydrogens is 256 g/mol. The fourth-order valence-corrected chi connectivity index (χ4v) is 2.94. The van der Waals surface area contributed by atoms with Gasteiger partial charge in [-0.15, -0.1) is 0 Å². The van der Waals surface area contributed by atoms with Gasteiger partial charge in [-0.2, -0.15) is 0 Å². The summed E-state index contributed by atoms with van der Waals surface area (Å²) in [6.07, 6.45) is 3.57. The van der Waals surface area contributed by atoms with Crippen molar-refractivity contribution in [3.05, 3.63) is 23.0 Å². The Hall–Kier alpha value is -1.62. The maximum atomic E-state index is 11.3. The van der Waals surface area contributed by atoms with E-state index >= 15 is 0 Å². The van der Waals surface area contributed by atoms with Crippen LogP contribution in [0, 0.1) is 19.8 Å². The molecule has 2 rings (SSSR count). The second-order valence-electron chi connectivity index (χ2n) is 5.64. The molecule has 0 radical (unpaired) electrons. The summed E-state index contributed by atoms with van der Waals surface area (Å²) < 4.78 is 0. The number of nitrogens with zero attached hydrogens (tertiary/aromatic N) is 1. The van der Waals surface area contributed by atoms with Crippen LogP contribution in [0.3, 0.4) is 0 Å². The molecule has 5 heteroatoms. The number of aromatic nitrogens is 1. The first-order chi connectivity index (χ1) is 9.47. The van der Waals surface area contributed by atoms with Gasteiger partial charge in [-0.3, -0.25) is 4.98 Å². The fourth-order valence-electron chi connectivity index (χ4n) is 2.94. The van der Waals surface area contributed by atoms with E-state index in [0.29, 0.717) is 23.8 Å². The van der Waals surface area contributed by atoms with Gasteiger partial charge in [0, 0.05) is 12.2 Å². The fraction of sp³-hybridized carbons (Fsp3) is 0.600. The van der Waals surface area contributed by atoms with E-state index in [0.717, 1.165) is 31.4 Å². The molecule has 2 unspecified atom stereocenters. The summed E-state index contributed by atoms with van der Waals surface area (Å²) in [7, 11) is 0. The maximum Gasteiger partial charge on any atom is 0.339 e. The van der Waals surface area contributed by atoms with E-state index in [4.69, 9.17) is 0 Å². The van der Waals surface area contributed by atoms with Gasteiger partial charge in [-0.25, -0.2) is 4.79 Å². The van der Waals surface area contributed by atoms with Crippen LogP contribution in [0.1, 0.15) is 47.4 Å². The molecule has 0 aromatic carbocycles. The molecule has 20 heavy (non-hydrogen) atoms. The third kappa shape index (κ3) is 3.48. The molecule has 1 aliphatic carbocycles. The van der Waals surface area contributed by atoms with Crippen LogP contribution in [0.2, 0.25) is 0 Å². The Morgan fingerprint density at radius 1 is 1.45 bits per heavy atom. The average Bonchev–Trinajstić information content (AvgIpc) is 2.35. The predicted molar refractivity (Wildman–Crippen MR) is 77.1 cm³/mol. The normalized spacial score (nSPS) is 22.6. The van der Waals surface area contributed by atoms with Crippen molar-refractivity contribution in [2.45, 2.75) is 45.6 Å². The monoisotopic (exact) mass is 278 g/mol. The lowest BCUT2D eigenvalue weighted by Crippen LogP contribution is -2.25. The summed E-state index contributed by atoms with van der Waals surface area (Å²) in [5, 5.41) is 22.2. The van der Waals surface area contributed by atoms with Crippen molar-refractivity contribution in [3.63, 3.8) is 0 Å². The molecule has 0 amide bonds. The van der Waals surface area contributed by atoms with Gasteiger partial charge in [0.05, 0.1) is 17.5 Å². The highest BCUT2D eigenvalue weighted by molar-refractivity contribution is 5.95. The van der Waals surface area contributed by atoms with Gasteiger partial charge in [-0.1, -0.05) is 6.42 Å². The molecule has 0 saturated heterocycles. The van der Waals surface area contributed by atoms with Crippen molar-refractivity contribution >= 4 is 11.7 Å². The number of rotatable bonds is 4. The Balaban J connectivity index is 2.10. The highest BCUT2D eigenvalue weighted by atomic mass is 16.4. The number of aryl methyl sites for hydroxylation is 2. The summed E-state index contributed by atoms with van der Waals surface area (Å²) in [5.74, 6) is -0.560. The molecule has 1 fully saturated rings. The second-order valence-corrected chi connectivity index (χ2v) is 5.64. The first-order valence-corrected chi connectivity index (χ1v) is 7.11. The zero-order valence-electron chi connectivity index (χ0n) is 12.0. The highest BCUT2D eigenvalue weighted by Gasteiger charge is 2.21. The standard InChI is InChI=1S/C15H22N2O3/c1-9-6-13(14(15(19)20)10(2)17-9)16-8-11-4-3-5-12(18)7-11/h6,11-12,18H,3-5,7-8H2,1-2H3,(H,16,17)(H,19,20). The van der Waals surface area contributed by atoms with Gasteiger partial charge in [0.25, 0.3) is 0 Å². The Morgan fingerprint density at radius 2 is 2.20 bits per heavy atom. The Kier molecular flexibility index (Phi) is 4.60. The molecule has 0 spiro atoms.